The van der Waals surface area contributed by atoms with Gasteiger partial charge in [-0.15, -0.1) is 0 Å². The van der Waals surface area contributed by atoms with Crippen molar-refractivity contribution >= 4 is 11.9 Å². The topological polar surface area (TPSA) is 76.1 Å². The number of carbonyl (C=O) groups excluding carboxylic acids is 1. The van der Waals surface area contributed by atoms with Gasteiger partial charge in [-0.2, -0.15) is 0 Å². The number of allylic oxidation sites excluding steroid dienone is 1. The van der Waals surface area contributed by atoms with Gasteiger partial charge in [0.1, 0.15) is 6.10 Å². The molecule has 48 heavy (non-hydrogen) atoms. The molecular formula is C42H69NO5. The van der Waals surface area contributed by atoms with E-state index in [0.29, 0.717) is 34.0 Å². The summed E-state index contributed by atoms with van der Waals surface area (Å²) in [6, 6.07) is 0. The molecule has 272 valence electrons. The molecule has 0 aromatic heterocycles. The van der Waals surface area contributed by atoms with E-state index in [1.807, 2.05) is 13.8 Å². The van der Waals surface area contributed by atoms with Crippen molar-refractivity contribution in [2.24, 2.45) is 62.1 Å². The fraction of sp³-hybridized carbons (Fsp3) is 0.905. The molecule has 5 saturated carbocycles. The van der Waals surface area contributed by atoms with Crippen molar-refractivity contribution in [3.63, 3.8) is 0 Å². The highest BCUT2D eigenvalue weighted by Gasteiger charge is 2.71. The highest BCUT2D eigenvalue weighted by Crippen LogP contribution is 2.78. The van der Waals surface area contributed by atoms with Gasteiger partial charge in [0, 0.05) is 18.5 Å². The number of carboxylic acids is 1. The van der Waals surface area contributed by atoms with Gasteiger partial charge in [-0.25, -0.2) is 0 Å². The maximum Gasteiger partial charge on any atom is 0.306 e. The molecule has 0 aromatic carbocycles. The molecule has 0 aromatic rings. The lowest BCUT2D eigenvalue weighted by atomic mass is 9.32. The van der Waals surface area contributed by atoms with Gasteiger partial charge in [-0.3, -0.25) is 14.5 Å². The van der Waals surface area contributed by atoms with Crippen LogP contribution in [0.5, 0.6) is 0 Å². The summed E-state index contributed by atoms with van der Waals surface area (Å²) in [7, 11) is 0. The zero-order valence-corrected chi connectivity index (χ0v) is 31.9. The van der Waals surface area contributed by atoms with E-state index < -0.39 is 11.4 Å². The van der Waals surface area contributed by atoms with Gasteiger partial charge in [-0.05, 0) is 141 Å². The molecule has 6 heteroatoms. The molecule has 10 atom stereocenters. The third-order valence-corrected chi connectivity index (χ3v) is 16.7. The van der Waals surface area contributed by atoms with E-state index in [0.717, 1.165) is 51.0 Å². The Hall–Kier alpha value is -1.40. The fourth-order valence-corrected chi connectivity index (χ4v) is 14.2. The monoisotopic (exact) mass is 668 g/mol. The van der Waals surface area contributed by atoms with Gasteiger partial charge in [-0.1, -0.05) is 60.6 Å². The van der Waals surface area contributed by atoms with Crippen molar-refractivity contribution in [2.75, 3.05) is 32.8 Å². The van der Waals surface area contributed by atoms with E-state index >= 15 is 0 Å². The molecular weight excluding hydrogens is 598 g/mol. The molecule has 6 aliphatic rings. The van der Waals surface area contributed by atoms with Gasteiger partial charge >= 0.3 is 11.9 Å². The van der Waals surface area contributed by atoms with E-state index in [1.54, 1.807) is 0 Å². The highest BCUT2D eigenvalue weighted by molar-refractivity contribution is 5.73. The number of ether oxygens (including phenoxy) is 2. The van der Waals surface area contributed by atoms with E-state index in [4.69, 9.17) is 9.47 Å². The third-order valence-electron chi connectivity index (χ3n) is 16.7. The molecule has 1 saturated heterocycles. The van der Waals surface area contributed by atoms with E-state index in [9.17, 15) is 14.7 Å². The lowest BCUT2D eigenvalue weighted by Crippen LogP contribution is -2.66. The summed E-state index contributed by atoms with van der Waals surface area (Å²) in [6.07, 6.45) is 14.0. The van der Waals surface area contributed by atoms with Crippen LogP contribution in [0.25, 0.3) is 0 Å². The van der Waals surface area contributed by atoms with Gasteiger partial charge in [0.05, 0.1) is 26.1 Å². The molecule has 0 amide bonds. The Bertz CT molecular complexity index is 1250. The van der Waals surface area contributed by atoms with Crippen LogP contribution < -0.4 is 0 Å². The summed E-state index contributed by atoms with van der Waals surface area (Å²) in [4.78, 5) is 27.3. The molecule has 6 nitrogen and oxygen atoms in total. The summed E-state index contributed by atoms with van der Waals surface area (Å²) in [6.45, 7) is 28.7. The zero-order valence-electron chi connectivity index (χ0n) is 31.9. The second-order valence-corrected chi connectivity index (χ2v) is 20.0. The number of rotatable bonds is 9. The lowest BCUT2D eigenvalue weighted by molar-refractivity contribution is -0.250. The normalized spacial score (nSPS) is 44.1. The Labute approximate surface area is 292 Å². The van der Waals surface area contributed by atoms with Crippen LogP contribution in [-0.4, -0.2) is 60.9 Å². The SMILES string of the molecule is C=C(C)[C@@H]1CC[C@]2(CCN3CCOCC3)CC[C@]3(C)[C@H](CC[C@@H]4[C@@]5(C)CC[C@H](OC(=O)CC(C)(C)CC(=O)O)C(C)(C)[C@@H]5CC[C@]43C)[C@@H]12. The van der Waals surface area contributed by atoms with Crippen LogP contribution in [0, 0.1) is 62.1 Å². The second-order valence-electron chi connectivity index (χ2n) is 20.0. The lowest BCUT2D eigenvalue weighted by Gasteiger charge is -2.73. The molecule has 1 heterocycles. The summed E-state index contributed by atoms with van der Waals surface area (Å²) in [5, 5.41) is 9.34. The van der Waals surface area contributed by atoms with Crippen LogP contribution >= 0.6 is 0 Å². The van der Waals surface area contributed by atoms with Crippen LogP contribution in [-0.2, 0) is 19.1 Å². The van der Waals surface area contributed by atoms with Gasteiger partial charge in [0.25, 0.3) is 0 Å². The van der Waals surface area contributed by atoms with Crippen LogP contribution in [0.2, 0.25) is 0 Å². The third kappa shape index (κ3) is 5.93. The molecule has 1 N–H and O–H groups in total. The Kier molecular flexibility index (Phi) is 9.61. The number of morpholine rings is 1. The first kappa shape index (κ1) is 36.4. The molecule has 0 spiro atoms. The number of carboxylic acid groups (broad SMARTS) is 1. The Balaban J connectivity index is 1.22. The van der Waals surface area contributed by atoms with Crippen molar-refractivity contribution in [1.29, 1.82) is 0 Å². The number of aliphatic carboxylic acids is 1. The maximum atomic E-state index is 13.2. The minimum absolute atomic E-state index is 0.0279. The quantitative estimate of drug-likeness (QED) is 0.195. The van der Waals surface area contributed by atoms with Crippen molar-refractivity contribution in [2.45, 2.75) is 145 Å². The summed E-state index contributed by atoms with van der Waals surface area (Å²) in [5.41, 5.74) is 2.03. The van der Waals surface area contributed by atoms with Crippen molar-refractivity contribution < 1.29 is 24.2 Å². The van der Waals surface area contributed by atoms with Crippen LogP contribution in [0.4, 0.5) is 0 Å². The van der Waals surface area contributed by atoms with Crippen LogP contribution in [0.15, 0.2) is 12.2 Å². The van der Waals surface area contributed by atoms with Gasteiger partial charge in [0.15, 0.2) is 0 Å². The number of fused-ring (bicyclic) bond motifs is 7. The Morgan fingerprint density at radius 3 is 2.25 bits per heavy atom. The summed E-state index contributed by atoms with van der Waals surface area (Å²) in [5.74, 6) is 2.27. The number of carbonyl (C=O) groups is 2. The van der Waals surface area contributed by atoms with E-state index in [-0.39, 0.29) is 35.7 Å². The molecule has 1 aliphatic heterocycles. The smallest absolute Gasteiger partial charge is 0.306 e. The first-order chi connectivity index (χ1) is 22.4. The molecule has 0 radical (unpaired) electrons. The number of nitrogens with zero attached hydrogens (tertiary/aromatic N) is 1. The first-order valence-corrected chi connectivity index (χ1v) is 19.8. The molecule has 5 aliphatic carbocycles. The zero-order chi connectivity index (χ0) is 34.9. The molecule has 0 unspecified atom stereocenters. The van der Waals surface area contributed by atoms with Crippen molar-refractivity contribution in [1.82, 2.24) is 4.90 Å². The van der Waals surface area contributed by atoms with E-state index in [1.165, 1.54) is 69.9 Å². The summed E-state index contributed by atoms with van der Waals surface area (Å²) < 4.78 is 12.0. The summed E-state index contributed by atoms with van der Waals surface area (Å²) >= 11 is 0. The Morgan fingerprint density at radius 1 is 0.875 bits per heavy atom. The fourth-order valence-electron chi connectivity index (χ4n) is 14.2. The second kappa shape index (κ2) is 12.7. The molecule has 6 fully saturated rings. The van der Waals surface area contributed by atoms with Crippen LogP contribution in [0.3, 0.4) is 0 Å². The number of hydrogen-bond donors (Lipinski definition) is 1. The number of hydrogen-bond acceptors (Lipinski definition) is 5. The number of esters is 1. The first-order valence-electron chi connectivity index (χ1n) is 19.8. The minimum Gasteiger partial charge on any atom is -0.481 e. The minimum atomic E-state index is -0.866. The standard InChI is InChI=1S/C42H69NO5/c1-28(2)29-12-17-42(20-21-43-22-24-47-25-23-43)19-18-40(8)30(36(29)42)10-11-32-39(7)15-14-33(38(5,6)31(39)13-16-41(32,40)9)48-35(46)27-37(3,4)26-34(44)45/h29-33,36H,1,10-27H2,2-9H3,(H,44,45)/t29-,30+,31-,32+,33-,36+,39-,40+,41+,42+/m0/s1. The maximum absolute atomic E-state index is 13.2. The van der Waals surface area contributed by atoms with Crippen molar-refractivity contribution in [3.8, 4) is 0 Å². The van der Waals surface area contributed by atoms with Gasteiger partial charge < -0.3 is 14.6 Å². The predicted octanol–water partition coefficient (Wildman–Crippen LogP) is 9.17. The largest absolute Gasteiger partial charge is 0.481 e. The predicted molar refractivity (Wildman–Crippen MR) is 191 cm³/mol. The average molecular weight is 668 g/mol. The highest BCUT2D eigenvalue weighted by atomic mass is 16.5. The van der Waals surface area contributed by atoms with Gasteiger partial charge in [0.2, 0.25) is 0 Å². The Morgan fingerprint density at radius 2 is 1.58 bits per heavy atom. The average Bonchev–Trinajstić information content (AvgIpc) is 3.38. The molecule has 6 rings (SSSR count). The van der Waals surface area contributed by atoms with Crippen molar-refractivity contribution in [3.05, 3.63) is 12.2 Å². The molecule has 0 bridgehead atoms. The van der Waals surface area contributed by atoms with Crippen LogP contribution in [0.1, 0.15) is 139 Å². The van der Waals surface area contributed by atoms with E-state index in [2.05, 4.69) is 53.0 Å².